The van der Waals surface area contributed by atoms with Crippen LogP contribution in [0.5, 0.6) is 11.6 Å². The number of carbonyl (C=O) groups excluding carboxylic acids is 1. The molecule has 2 heterocycles. The van der Waals surface area contributed by atoms with Crippen LogP contribution in [0.3, 0.4) is 0 Å². The predicted molar refractivity (Wildman–Crippen MR) is 116 cm³/mol. The average Bonchev–Trinajstić information content (AvgIpc) is 2.67. The number of carbonyl (C=O) groups is 1. The number of aromatic nitrogens is 1. The van der Waals surface area contributed by atoms with Gasteiger partial charge in [-0.25, -0.2) is 4.98 Å². The van der Waals surface area contributed by atoms with E-state index in [0.29, 0.717) is 12.0 Å². The third kappa shape index (κ3) is 4.26. The number of ketones is 1. The summed E-state index contributed by atoms with van der Waals surface area (Å²) >= 11 is 5.81. The topological polar surface area (TPSA) is 112 Å². The van der Waals surface area contributed by atoms with Crippen LogP contribution in [0.15, 0.2) is 36.2 Å². The fourth-order valence-corrected chi connectivity index (χ4v) is 3.74. The lowest BCUT2D eigenvalue weighted by atomic mass is 9.81. The summed E-state index contributed by atoms with van der Waals surface area (Å²) in [7, 11) is 0. The molecule has 9 heteroatoms. The molecule has 1 aliphatic rings. The Bertz CT molecular complexity index is 1110. The SMILES string of the molecule is CCc1ccc(Oc2ncc(Cl)cc2[N+](=O)[O-])cc1C1=C(O)C(C)(C)OC(C)(C)C1=O. The van der Waals surface area contributed by atoms with Crippen LogP contribution < -0.4 is 4.74 Å². The quantitative estimate of drug-likeness (QED) is 0.481. The van der Waals surface area contributed by atoms with E-state index in [0.717, 1.165) is 11.6 Å². The Morgan fingerprint density at radius 3 is 2.52 bits per heavy atom. The minimum Gasteiger partial charge on any atom is -0.508 e. The van der Waals surface area contributed by atoms with Crippen molar-refractivity contribution in [1.29, 1.82) is 0 Å². The Hall–Kier alpha value is -2.97. The highest BCUT2D eigenvalue weighted by atomic mass is 35.5. The molecule has 3 rings (SSSR count). The summed E-state index contributed by atoms with van der Waals surface area (Å²) in [5, 5.41) is 22.3. The van der Waals surface area contributed by atoms with Gasteiger partial charge in [-0.15, -0.1) is 0 Å². The van der Waals surface area contributed by atoms with Crippen molar-refractivity contribution in [2.75, 3.05) is 0 Å². The van der Waals surface area contributed by atoms with Crippen molar-refractivity contribution in [3.8, 4) is 11.6 Å². The molecular weight excluding hydrogens is 424 g/mol. The molecule has 164 valence electrons. The molecule has 0 amide bonds. The van der Waals surface area contributed by atoms with Gasteiger partial charge in [0.1, 0.15) is 22.7 Å². The van der Waals surface area contributed by atoms with E-state index >= 15 is 0 Å². The third-order valence-electron chi connectivity index (χ3n) is 5.03. The van der Waals surface area contributed by atoms with Crippen LogP contribution in [0.25, 0.3) is 5.57 Å². The van der Waals surface area contributed by atoms with Gasteiger partial charge in [-0.1, -0.05) is 24.6 Å². The molecule has 0 atom stereocenters. The molecule has 0 radical (unpaired) electrons. The Kier molecular flexibility index (Phi) is 5.82. The maximum atomic E-state index is 13.2. The highest BCUT2D eigenvalue weighted by Crippen LogP contribution is 2.42. The molecule has 0 spiro atoms. The maximum absolute atomic E-state index is 13.2. The number of Topliss-reactive ketones (excluding diaryl/α,β-unsaturated/α-hetero) is 1. The van der Waals surface area contributed by atoms with Crippen molar-refractivity contribution >= 4 is 28.6 Å². The number of nitro groups is 1. The predicted octanol–water partition coefficient (Wildman–Crippen LogP) is 5.42. The Morgan fingerprint density at radius 1 is 1.23 bits per heavy atom. The van der Waals surface area contributed by atoms with Gasteiger partial charge in [0.05, 0.1) is 21.7 Å². The second-order valence-corrected chi connectivity index (χ2v) is 8.62. The second-order valence-electron chi connectivity index (χ2n) is 8.18. The Morgan fingerprint density at radius 2 is 1.90 bits per heavy atom. The molecule has 31 heavy (non-hydrogen) atoms. The summed E-state index contributed by atoms with van der Waals surface area (Å²) in [6.07, 6.45) is 1.83. The molecule has 0 saturated carbocycles. The van der Waals surface area contributed by atoms with E-state index in [1.165, 1.54) is 6.20 Å². The van der Waals surface area contributed by atoms with Crippen LogP contribution in [0, 0.1) is 10.1 Å². The zero-order valence-electron chi connectivity index (χ0n) is 17.9. The van der Waals surface area contributed by atoms with Gasteiger partial charge in [0.2, 0.25) is 0 Å². The number of benzene rings is 1. The number of aliphatic hydroxyl groups excluding tert-OH is 1. The first-order chi connectivity index (χ1) is 14.4. The maximum Gasteiger partial charge on any atom is 0.332 e. The number of ether oxygens (including phenoxy) is 2. The molecule has 0 aliphatic carbocycles. The number of pyridine rings is 1. The minimum atomic E-state index is -1.15. The monoisotopic (exact) mass is 446 g/mol. The van der Waals surface area contributed by atoms with E-state index < -0.39 is 16.1 Å². The normalized spacial score (nSPS) is 17.5. The van der Waals surface area contributed by atoms with Crippen LogP contribution >= 0.6 is 11.6 Å². The van der Waals surface area contributed by atoms with Crippen molar-refractivity contribution in [3.63, 3.8) is 0 Å². The lowest BCUT2D eigenvalue weighted by Gasteiger charge is -2.40. The van der Waals surface area contributed by atoms with Gasteiger partial charge in [0, 0.05) is 6.07 Å². The standard InChI is InChI=1S/C22H23ClN2O6/c1-6-12-7-8-14(30-20-16(25(28)29)9-13(23)11-24-20)10-15(12)17-18(26)21(2,3)31-22(4,5)19(17)27/h7-11,26H,6H2,1-5H3. The van der Waals surface area contributed by atoms with Gasteiger partial charge in [-0.2, -0.15) is 0 Å². The van der Waals surface area contributed by atoms with Crippen molar-refractivity contribution in [2.24, 2.45) is 0 Å². The molecule has 2 aromatic rings. The van der Waals surface area contributed by atoms with Gasteiger partial charge in [0.25, 0.3) is 5.88 Å². The largest absolute Gasteiger partial charge is 0.508 e. The lowest BCUT2D eigenvalue weighted by Crippen LogP contribution is -2.49. The third-order valence-corrected chi connectivity index (χ3v) is 5.24. The van der Waals surface area contributed by atoms with Crippen molar-refractivity contribution in [1.82, 2.24) is 4.98 Å². The number of aryl methyl sites for hydroxylation is 1. The summed E-state index contributed by atoms with van der Waals surface area (Å²) in [6, 6.07) is 6.09. The first kappa shape index (κ1) is 22.7. The lowest BCUT2D eigenvalue weighted by molar-refractivity contribution is -0.386. The minimum absolute atomic E-state index is 0.105. The van der Waals surface area contributed by atoms with E-state index in [1.54, 1.807) is 45.9 Å². The zero-order chi connectivity index (χ0) is 23.1. The summed E-state index contributed by atoms with van der Waals surface area (Å²) in [5.41, 5.74) is -1.20. The smallest absolute Gasteiger partial charge is 0.332 e. The molecular formula is C22H23ClN2O6. The first-order valence-electron chi connectivity index (χ1n) is 9.67. The number of rotatable bonds is 5. The second kappa shape index (κ2) is 7.94. The van der Waals surface area contributed by atoms with Gasteiger partial charge in [0.15, 0.2) is 5.78 Å². The number of nitrogens with zero attached hydrogens (tertiary/aromatic N) is 2. The van der Waals surface area contributed by atoms with E-state index in [1.807, 2.05) is 6.92 Å². The molecule has 1 aliphatic heterocycles. The van der Waals surface area contributed by atoms with E-state index in [2.05, 4.69) is 4.98 Å². The van der Waals surface area contributed by atoms with E-state index in [-0.39, 0.29) is 39.5 Å². The summed E-state index contributed by atoms with van der Waals surface area (Å²) < 4.78 is 11.5. The van der Waals surface area contributed by atoms with Crippen molar-refractivity contribution in [3.05, 3.63) is 62.5 Å². The first-order valence-corrected chi connectivity index (χ1v) is 10.0. The molecule has 0 unspecified atom stereocenters. The van der Waals surface area contributed by atoms with Crippen LogP contribution in [0.1, 0.15) is 45.7 Å². The number of hydrogen-bond donors (Lipinski definition) is 1. The van der Waals surface area contributed by atoms with Crippen LogP contribution in [0.2, 0.25) is 5.02 Å². The Labute approximate surface area is 184 Å². The fraction of sp³-hybridized carbons (Fsp3) is 0.364. The molecule has 1 aromatic heterocycles. The molecule has 8 nitrogen and oxygen atoms in total. The summed E-state index contributed by atoms with van der Waals surface area (Å²) in [6.45, 7) is 8.59. The van der Waals surface area contributed by atoms with Gasteiger partial charge < -0.3 is 14.6 Å². The van der Waals surface area contributed by atoms with Gasteiger partial charge in [-0.05, 0) is 57.4 Å². The molecule has 0 bridgehead atoms. The van der Waals surface area contributed by atoms with Crippen molar-refractivity contribution in [2.45, 2.75) is 52.2 Å². The molecule has 1 N–H and O–H groups in total. The average molecular weight is 447 g/mol. The summed E-state index contributed by atoms with van der Waals surface area (Å²) in [4.78, 5) is 27.8. The number of halogens is 1. The highest BCUT2D eigenvalue weighted by molar-refractivity contribution is 6.30. The molecule has 0 fully saturated rings. The van der Waals surface area contributed by atoms with Crippen molar-refractivity contribution < 1.29 is 24.3 Å². The number of aliphatic hydroxyl groups is 1. The highest BCUT2D eigenvalue weighted by Gasteiger charge is 2.47. The van der Waals surface area contributed by atoms with E-state index in [4.69, 9.17) is 21.1 Å². The van der Waals surface area contributed by atoms with Crippen LogP contribution in [-0.4, -0.2) is 32.0 Å². The Balaban J connectivity index is 2.15. The summed E-state index contributed by atoms with van der Waals surface area (Å²) in [5.74, 6) is -0.562. The number of hydrogen-bond acceptors (Lipinski definition) is 7. The van der Waals surface area contributed by atoms with Gasteiger partial charge in [-0.3, -0.25) is 14.9 Å². The van der Waals surface area contributed by atoms with E-state index in [9.17, 15) is 20.0 Å². The van der Waals surface area contributed by atoms with Crippen LogP contribution in [0.4, 0.5) is 5.69 Å². The van der Waals surface area contributed by atoms with Crippen LogP contribution in [-0.2, 0) is 16.0 Å². The fourth-order valence-electron chi connectivity index (χ4n) is 3.59. The molecule has 0 saturated heterocycles. The van der Waals surface area contributed by atoms with Gasteiger partial charge >= 0.3 is 5.69 Å². The molecule has 1 aromatic carbocycles. The zero-order valence-corrected chi connectivity index (χ0v) is 18.6.